The van der Waals surface area contributed by atoms with Gasteiger partial charge in [0.1, 0.15) is 5.75 Å². The molecule has 0 bridgehead atoms. The largest absolute Gasteiger partial charge is 0.484 e. The number of benzene rings is 2. The van der Waals surface area contributed by atoms with E-state index in [1.54, 1.807) is 24.3 Å². The molecule has 0 unspecified atom stereocenters. The molecule has 7 heteroatoms. The molecule has 0 saturated heterocycles. The Kier molecular flexibility index (Phi) is 6.45. The highest BCUT2D eigenvalue weighted by Crippen LogP contribution is 2.18. The van der Waals surface area contributed by atoms with Crippen LogP contribution in [0.25, 0.3) is 11.3 Å². The van der Waals surface area contributed by atoms with Crippen LogP contribution in [0.3, 0.4) is 0 Å². The minimum absolute atomic E-state index is 0.0867. The first-order valence-corrected chi connectivity index (χ1v) is 9.19. The summed E-state index contributed by atoms with van der Waals surface area (Å²) in [5, 5.41) is 7.71. The third kappa shape index (κ3) is 5.44. The summed E-state index contributed by atoms with van der Waals surface area (Å²) < 4.78 is 6.78. The van der Waals surface area contributed by atoms with Crippen LogP contribution in [0.15, 0.2) is 65.5 Å². The Balaban J connectivity index is 1.54. The van der Waals surface area contributed by atoms with E-state index < -0.39 is 0 Å². The van der Waals surface area contributed by atoms with Crippen molar-refractivity contribution in [2.45, 2.75) is 13.5 Å². The quantitative estimate of drug-likeness (QED) is 0.665. The molecule has 3 aromatic rings. The van der Waals surface area contributed by atoms with Gasteiger partial charge in [-0.25, -0.2) is 4.68 Å². The van der Waals surface area contributed by atoms with E-state index in [0.717, 1.165) is 11.1 Å². The Labute approximate surface area is 167 Å². The second-order valence-electron chi connectivity index (χ2n) is 6.24. The molecule has 0 atom stereocenters. The Bertz CT molecular complexity index is 1020. The number of nitrogens with zero attached hydrogens (tertiary/aromatic N) is 2. The van der Waals surface area contributed by atoms with Crippen molar-refractivity contribution in [2.24, 2.45) is 0 Å². The number of rotatable bonds is 7. The molecular formula is C21H20ClN3O3. The Hall–Kier alpha value is -3.12. The second-order valence-corrected chi connectivity index (χ2v) is 6.68. The number of halogens is 1. The molecule has 0 aliphatic carbocycles. The Morgan fingerprint density at radius 3 is 2.68 bits per heavy atom. The van der Waals surface area contributed by atoms with Crippen LogP contribution in [0.4, 0.5) is 0 Å². The van der Waals surface area contributed by atoms with Gasteiger partial charge >= 0.3 is 0 Å². The minimum atomic E-state index is -0.261. The van der Waals surface area contributed by atoms with E-state index in [-0.39, 0.29) is 31.2 Å². The molecule has 1 N–H and O–H groups in total. The molecular weight excluding hydrogens is 378 g/mol. The van der Waals surface area contributed by atoms with Crippen LogP contribution in [-0.4, -0.2) is 28.8 Å². The third-order valence-corrected chi connectivity index (χ3v) is 4.26. The molecule has 2 aromatic carbocycles. The van der Waals surface area contributed by atoms with Gasteiger partial charge in [0.25, 0.3) is 11.5 Å². The van der Waals surface area contributed by atoms with E-state index in [1.807, 2.05) is 37.3 Å². The topological polar surface area (TPSA) is 73.2 Å². The second kappa shape index (κ2) is 9.19. The summed E-state index contributed by atoms with van der Waals surface area (Å²) in [5.74, 6) is 0.382. The fraction of sp³-hybridized carbons (Fsp3) is 0.190. The molecule has 0 radical (unpaired) electrons. The van der Waals surface area contributed by atoms with Crippen molar-refractivity contribution >= 4 is 17.5 Å². The van der Waals surface area contributed by atoms with E-state index in [0.29, 0.717) is 16.5 Å². The first-order valence-electron chi connectivity index (χ1n) is 8.81. The highest BCUT2D eigenvalue weighted by Gasteiger charge is 2.06. The number of hydrogen-bond acceptors (Lipinski definition) is 4. The number of aromatic nitrogens is 2. The first-order chi connectivity index (χ1) is 13.5. The average Bonchev–Trinajstić information content (AvgIpc) is 2.68. The molecule has 0 saturated carbocycles. The lowest BCUT2D eigenvalue weighted by Crippen LogP contribution is -2.34. The van der Waals surface area contributed by atoms with Crippen molar-refractivity contribution in [3.63, 3.8) is 0 Å². The van der Waals surface area contributed by atoms with Crippen LogP contribution in [0.1, 0.15) is 5.56 Å². The zero-order chi connectivity index (χ0) is 19.9. The van der Waals surface area contributed by atoms with Gasteiger partial charge in [0.15, 0.2) is 6.61 Å². The Morgan fingerprint density at radius 1 is 1.14 bits per heavy atom. The molecule has 144 valence electrons. The number of ether oxygens (including phenoxy) is 1. The van der Waals surface area contributed by atoms with Crippen molar-refractivity contribution in [1.82, 2.24) is 15.1 Å². The van der Waals surface area contributed by atoms with Crippen molar-refractivity contribution in [3.8, 4) is 17.0 Å². The molecule has 0 aliphatic heterocycles. The van der Waals surface area contributed by atoms with Crippen LogP contribution >= 0.6 is 11.6 Å². The third-order valence-electron chi connectivity index (χ3n) is 4.01. The fourth-order valence-electron chi connectivity index (χ4n) is 2.59. The van der Waals surface area contributed by atoms with Gasteiger partial charge in [0.05, 0.1) is 12.2 Å². The normalized spacial score (nSPS) is 10.5. The maximum absolute atomic E-state index is 12.0. The van der Waals surface area contributed by atoms with Gasteiger partial charge in [-0.15, -0.1) is 0 Å². The SMILES string of the molecule is Cc1cccc(OCC(=O)NCCn2nc(-c3ccc(Cl)cc3)ccc2=O)c1. The van der Waals surface area contributed by atoms with Crippen molar-refractivity contribution in [2.75, 3.05) is 13.2 Å². The summed E-state index contributed by atoms with van der Waals surface area (Å²) >= 11 is 5.90. The van der Waals surface area contributed by atoms with E-state index >= 15 is 0 Å². The van der Waals surface area contributed by atoms with Crippen LogP contribution < -0.4 is 15.6 Å². The van der Waals surface area contributed by atoms with Crippen molar-refractivity contribution < 1.29 is 9.53 Å². The smallest absolute Gasteiger partial charge is 0.266 e. The zero-order valence-electron chi connectivity index (χ0n) is 15.4. The highest BCUT2D eigenvalue weighted by atomic mass is 35.5. The lowest BCUT2D eigenvalue weighted by Gasteiger charge is -2.10. The van der Waals surface area contributed by atoms with Crippen LogP contribution in [0, 0.1) is 6.92 Å². The molecule has 0 fully saturated rings. The molecule has 1 heterocycles. The van der Waals surface area contributed by atoms with E-state index in [1.165, 1.54) is 10.7 Å². The van der Waals surface area contributed by atoms with Gasteiger partial charge in [-0.3, -0.25) is 9.59 Å². The van der Waals surface area contributed by atoms with Gasteiger partial charge < -0.3 is 10.1 Å². The fourth-order valence-corrected chi connectivity index (χ4v) is 2.72. The summed E-state index contributed by atoms with van der Waals surface area (Å²) in [5.41, 5.74) is 2.34. The van der Waals surface area contributed by atoms with Gasteiger partial charge in [0.2, 0.25) is 0 Å². The summed E-state index contributed by atoms with van der Waals surface area (Å²) in [6.45, 7) is 2.40. The number of carbonyl (C=O) groups is 1. The standard InChI is InChI=1S/C21H20ClN3O3/c1-15-3-2-4-18(13-15)28-14-20(26)23-11-12-25-21(27)10-9-19(24-25)16-5-7-17(22)8-6-16/h2-10,13H,11-12,14H2,1H3,(H,23,26). The summed E-state index contributed by atoms with van der Waals surface area (Å²) in [6.07, 6.45) is 0. The van der Waals surface area contributed by atoms with Gasteiger partial charge in [0, 0.05) is 23.2 Å². The summed E-state index contributed by atoms with van der Waals surface area (Å²) in [7, 11) is 0. The lowest BCUT2D eigenvalue weighted by atomic mass is 10.1. The van der Waals surface area contributed by atoms with E-state index in [2.05, 4.69) is 10.4 Å². The average molecular weight is 398 g/mol. The summed E-state index contributed by atoms with van der Waals surface area (Å²) in [4.78, 5) is 24.0. The van der Waals surface area contributed by atoms with Crippen LogP contribution in [-0.2, 0) is 11.3 Å². The maximum Gasteiger partial charge on any atom is 0.266 e. The predicted molar refractivity (Wildman–Crippen MR) is 109 cm³/mol. The highest BCUT2D eigenvalue weighted by molar-refractivity contribution is 6.30. The lowest BCUT2D eigenvalue weighted by molar-refractivity contribution is -0.123. The van der Waals surface area contributed by atoms with Crippen LogP contribution in [0.5, 0.6) is 5.75 Å². The molecule has 6 nitrogen and oxygen atoms in total. The molecule has 3 rings (SSSR count). The number of amides is 1. The number of nitrogens with one attached hydrogen (secondary N) is 1. The van der Waals surface area contributed by atoms with Gasteiger partial charge in [-0.1, -0.05) is 35.9 Å². The Morgan fingerprint density at radius 2 is 1.93 bits per heavy atom. The monoisotopic (exact) mass is 397 g/mol. The van der Waals surface area contributed by atoms with E-state index in [4.69, 9.17) is 16.3 Å². The minimum Gasteiger partial charge on any atom is -0.484 e. The molecule has 0 spiro atoms. The molecule has 1 aromatic heterocycles. The summed E-state index contributed by atoms with van der Waals surface area (Å²) in [6, 6.07) is 17.8. The first kappa shape index (κ1) is 19.6. The van der Waals surface area contributed by atoms with Crippen molar-refractivity contribution in [3.05, 3.63) is 81.6 Å². The number of aryl methyl sites for hydroxylation is 1. The van der Waals surface area contributed by atoms with Gasteiger partial charge in [-0.05, 0) is 42.8 Å². The predicted octanol–water partition coefficient (Wildman–Crippen LogP) is 3.07. The zero-order valence-corrected chi connectivity index (χ0v) is 16.1. The number of carbonyl (C=O) groups excluding carboxylic acids is 1. The van der Waals surface area contributed by atoms with Crippen LogP contribution in [0.2, 0.25) is 5.02 Å². The molecule has 28 heavy (non-hydrogen) atoms. The number of hydrogen-bond donors (Lipinski definition) is 1. The maximum atomic E-state index is 12.0. The molecule has 1 amide bonds. The van der Waals surface area contributed by atoms with Gasteiger partial charge in [-0.2, -0.15) is 5.10 Å². The van der Waals surface area contributed by atoms with Crippen molar-refractivity contribution in [1.29, 1.82) is 0 Å². The molecule has 0 aliphatic rings. The van der Waals surface area contributed by atoms with E-state index in [9.17, 15) is 9.59 Å².